The van der Waals surface area contributed by atoms with Crippen LogP contribution in [0.25, 0.3) is 10.2 Å². The zero-order valence-electron chi connectivity index (χ0n) is 12.7. The van der Waals surface area contributed by atoms with Crippen LogP contribution in [0.1, 0.15) is 36.0 Å². The number of rotatable bonds is 2. The van der Waals surface area contributed by atoms with E-state index in [1.807, 2.05) is 20.8 Å². The summed E-state index contributed by atoms with van der Waals surface area (Å²) in [5.74, 6) is 0.718. The van der Waals surface area contributed by atoms with E-state index in [2.05, 4.69) is 14.9 Å². The van der Waals surface area contributed by atoms with Crippen molar-refractivity contribution in [3.05, 3.63) is 26.6 Å². The van der Waals surface area contributed by atoms with Crippen LogP contribution < -0.4 is 5.56 Å². The molecule has 0 saturated carbocycles. The predicted molar refractivity (Wildman–Crippen MR) is 84.8 cm³/mol. The Balaban J connectivity index is 1.84. The maximum Gasteiger partial charge on any atom is 0.259 e. The minimum atomic E-state index is -0.552. The molecule has 0 radical (unpaired) electrons. The van der Waals surface area contributed by atoms with E-state index in [-0.39, 0.29) is 5.56 Å². The van der Waals surface area contributed by atoms with Crippen LogP contribution in [0, 0.1) is 13.8 Å². The SMILES string of the molecule is Cc1sc2nc(CN3CCC(C)(O)CC3)[nH]c(=O)c2c1C. The molecule has 6 heteroatoms. The Morgan fingerprint density at radius 3 is 2.71 bits per heavy atom. The molecule has 5 nitrogen and oxygen atoms in total. The smallest absolute Gasteiger partial charge is 0.259 e. The molecular weight excluding hydrogens is 286 g/mol. The molecule has 0 amide bonds. The topological polar surface area (TPSA) is 69.2 Å². The van der Waals surface area contributed by atoms with Crippen molar-refractivity contribution in [3.8, 4) is 0 Å². The summed E-state index contributed by atoms with van der Waals surface area (Å²) in [6, 6.07) is 0. The molecule has 2 aromatic rings. The number of aromatic nitrogens is 2. The lowest BCUT2D eigenvalue weighted by Gasteiger charge is -2.35. The summed E-state index contributed by atoms with van der Waals surface area (Å²) in [5, 5.41) is 10.7. The molecule has 1 saturated heterocycles. The first-order valence-corrected chi connectivity index (χ1v) is 8.11. The highest BCUT2D eigenvalue weighted by atomic mass is 32.1. The second kappa shape index (κ2) is 5.19. The quantitative estimate of drug-likeness (QED) is 0.890. The van der Waals surface area contributed by atoms with Crippen molar-refractivity contribution in [3.63, 3.8) is 0 Å². The molecule has 2 N–H and O–H groups in total. The van der Waals surface area contributed by atoms with Gasteiger partial charge in [-0.1, -0.05) is 0 Å². The fraction of sp³-hybridized carbons (Fsp3) is 0.600. The highest BCUT2D eigenvalue weighted by Gasteiger charge is 2.27. The third-order valence-electron chi connectivity index (χ3n) is 4.39. The molecule has 2 aromatic heterocycles. The lowest BCUT2D eigenvalue weighted by molar-refractivity contribution is -0.00787. The molecule has 0 aliphatic carbocycles. The van der Waals surface area contributed by atoms with Gasteiger partial charge < -0.3 is 10.1 Å². The minimum Gasteiger partial charge on any atom is -0.390 e. The van der Waals surface area contributed by atoms with Crippen molar-refractivity contribution >= 4 is 21.6 Å². The third kappa shape index (κ3) is 2.88. The van der Waals surface area contributed by atoms with Crippen molar-refractivity contribution in [2.45, 2.75) is 45.8 Å². The molecule has 3 heterocycles. The summed E-state index contributed by atoms with van der Waals surface area (Å²) >= 11 is 1.58. The van der Waals surface area contributed by atoms with Crippen LogP contribution in [-0.4, -0.2) is 38.7 Å². The van der Waals surface area contributed by atoms with Gasteiger partial charge in [-0.2, -0.15) is 0 Å². The van der Waals surface area contributed by atoms with E-state index in [4.69, 9.17) is 0 Å². The minimum absolute atomic E-state index is 0.0409. The van der Waals surface area contributed by atoms with Gasteiger partial charge in [0.05, 0.1) is 17.5 Å². The third-order valence-corrected chi connectivity index (χ3v) is 5.50. The molecule has 0 unspecified atom stereocenters. The number of nitrogens with one attached hydrogen (secondary N) is 1. The molecule has 21 heavy (non-hydrogen) atoms. The summed E-state index contributed by atoms with van der Waals surface area (Å²) in [7, 11) is 0. The highest BCUT2D eigenvalue weighted by molar-refractivity contribution is 7.18. The van der Waals surface area contributed by atoms with Crippen LogP contribution in [0.3, 0.4) is 0 Å². The van der Waals surface area contributed by atoms with E-state index in [0.717, 1.165) is 52.4 Å². The number of hydrogen-bond donors (Lipinski definition) is 2. The maximum atomic E-state index is 12.2. The van der Waals surface area contributed by atoms with Crippen molar-refractivity contribution in [1.82, 2.24) is 14.9 Å². The fourth-order valence-electron chi connectivity index (χ4n) is 2.78. The molecule has 0 atom stereocenters. The first-order chi connectivity index (χ1) is 9.85. The second-order valence-corrected chi connectivity index (χ2v) is 7.45. The summed E-state index contributed by atoms with van der Waals surface area (Å²) in [5.41, 5.74) is 0.439. The lowest BCUT2D eigenvalue weighted by Crippen LogP contribution is -2.42. The molecule has 0 aromatic carbocycles. The van der Waals surface area contributed by atoms with E-state index in [9.17, 15) is 9.90 Å². The molecule has 1 aliphatic heterocycles. The number of aryl methyl sites for hydroxylation is 2. The van der Waals surface area contributed by atoms with E-state index < -0.39 is 5.60 Å². The number of likely N-dealkylation sites (tertiary alicyclic amines) is 1. The Labute approximate surface area is 127 Å². The zero-order valence-corrected chi connectivity index (χ0v) is 13.5. The summed E-state index contributed by atoms with van der Waals surface area (Å²) in [4.78, 5) is 24.0. The van der Waals surface area contributed by atoms with Crippen molar-refractivity contribution < 1.29 is 5.11 Å². The van der Waals surface area contributed by atoms with E-state index in [1.165, 1.54) is 0 Å². The van der Waals surface area contributed by atoms with E-state index in [0.29, 0.717) is 6.54 Å². The number of H-pyrrole nitrogens is 1. The Bertz CT molecular complexity index is 722. The van der Waals surface area contributed by atoms with Gasteiger partial charge in [-0.3, -0.25) is 9.69 Å². The van der Waals surface area contributed by atoms with Crippen molar-refractivity contribution in [2.75, 3.05) is 13.1 Å². The van der Waals surface area contributed by atoms with Gasteiger partial charge in [0.15, 0.2) is 0 Å². The highest BCUT2D eigenvalue weighted by Crippen LogP contribution is 2.26. The maximum absolute atomic E-state index is 12.2. The molecule has 0 bridgehead atoms. The average Bonchev–Trinajstić information content (AvgIpc) is 2.68. The number of fused-ring (bicyclic) bond motifs is 1. The number of hydrogen-bond acceptors (Lipinski definition) is 5. The van der Waals surface area contributed by atoms with Gasteiger partial charge in [-0.25, -0.2) is 4.98 Å². The summed E-state index contributed by atoms with van der Waals surface area (Å²) < 4.78 is 0. The number of aliphatic hydroxyl groups is 1. The van der Waals surface area contributed by atoms with Crippen molar-refractivity contribution in [2.24, 2.45) is 0 Å². The second-order valence-electron chi connectivity index (χ2n) is 6.25. The monoisotopic (exact) mass is 307 g/mol. The van der Waals surface area contributed by atoms with Gasteiger partial charge >= 0.3 is 0 Å². The van der Waals surface area contributed by atoms with Crippen molar-refractivity contribution in [1.29, 1.82) is 0 Å². The van der Waals surface area contributed by atoms with Gasteiger partial charge in [0.25, 0.3) is 5.56 Å². The standard InChI is InChI=1S/C15H21N3O2S/c1-9-10(2)21-14-12(9)13(19)16-11(17-14)8-18-6-4-15(3,20)5-7-18/h20H,4-8H2,1-3H3,(H,16,17,19). The first-order valence-electron chi connectivity index (χ1n) is 7.29. The fourth-order valence-corrected chi connectivity index (χ4v) is 3.83. The zero-order chi connectivity index (χ0) is 15.2. The van der Waals surface area contributed by atoms with Crippen LogP contribution in [0.15, 0.2) is 4.79 Å². The van der Waals surface area contributed by atoms with Crippen LogP contribution in [-0.2, 0) is 6.54 Å². The molecular formula is C15H21N3O2S. The van der Waals surface area contributed by atoms with Gasteiger partial charge in [0, 0.05) is 18.0 Å². The van der Waals surface area contributed by atoms with Gasteiger partial charge in [-0.05, 0) is 39.2 Å². The van der Waals surface area contributed by atoms with E-state index in [1.54, 1.807) is 11.3 Å². The largest absolute Gasteiger partial charge is 0.390 e. The van der Waals surface area contributed by atoms with E-state index >= 15 is 0 Å². The van der Waals surface area contributed by atoms with Crippen LogP contribution >= 0.6 is 11.3 Å². The Morgan fingerprint density at radius 2 is 2.05 bits per heavy atom. The Kier molecular flexibility index (Phi) is 3.63. The van der Waals surface area contributed by atoms with Crippen LogP contribution in [0.5, 0.6) is 0 Å². The molecule has 0 spiro atoms. The van der Waals surface area contributed by atoms with Crippen LogP contribution in [0.2, 0.25) is 0 Å². The van der Waals surface area contributed by atoms with Gasteiger partial charge in [0.2, 0.25) is 0 Å². The van der Waals surface area contributed by atoms with Crippen LogP contribution in [0.4, 0.5) is 0 Å². The molecule has 1 fully saturated rings. The summed E-state index contributed by atoms with van der Waals surface area (Å²) in [6.07, 6.45) is 1.52. The number of aromatic amines is 1. The average molecular weight is 307 g/mol. The lowest BCUT2D eigenvalue weighted by atomic mass is 9.94. The summed E-state index contributed by atoms with van der Waals surface area (Å²) in [6.45, 7) is 8.17. The molecule has 114 valence electrons. The Hall–Kier alpha value is -1.24. The number of piperidine rings is 1. The first kappa shape index (κ1) is 14.7. The normalized spacial score (nSPS) is 19.2. The number of nitrogens with zero attached hydrogens (tertiary/aromatic N) is 2. The Morgan fingerprint density at radius 1 is 1.38 bits per heavy atom. The predicted octanol–water partition coefficient (Wildman–Crippen LogP) is 1.95. The van der Waals surface area contributed by atoms with Gasteiger partial charge in [0.1, 0.15) is 10.7 Å². The number of thiophene rings is 1. The molecule has 1 aliphatic rings. The molecule has 3 rings (SSSR count). The van der Waals surface area contributed by atoms with Gasteiger partial charge in [-0.15, -0.1) is 11.3 Å².